The maximum Gasteiger partial charge on any atom is 0.305 e. The van der Waals surface area contributed by atoms with E-state index in [0.717, 1.165) is 57.8 Å². The lowest BCUT2D eigenvalue weighted by molar-refractivity contribution is -0.159. The normalized spacial score (nSPS) is 11.6. The number of nitrogens with one attached hydrogen (secondary N) is 1. The van der Waals surface area contributed by atoms with E-state index in [4.69, 9.17) is 19.9 Å². The number of hydrogen-bond donors (Lipinski definition) is 2. The molecule has 1 amide bonds. The Kier molecular flexibility index (Phi) is 45.3. The Hall–Kier alpha value is -3.77. The molecule has 0 unspecified atom stereocenters. The minimum absolute atomic E-state index is 0.191. The zero-order valence-corrected chi connectivity index (χ0v) is 50.6. The Morgan fingerprint density at radius 3 is 0.962 bits per heavy atom. The maximum absolute atomic E-state index is 14.0. The highest BCUT2D eigenvalue weighted by atomic mass is 16.6. The van der Waals surface area contributed by atoms with Gasteiger partial charge in [-0.2, -0.15) is 0 Å². The topological polar surface area (TPSA) is 178 Å². The number of nitrogen functional groups attached to an aromatic ring is 1. The first-order chi connectivity index (χ1) is 38.2. The van der Waals surface area contributed by atoms with Crippen molar-refractivity contribution in [1.82, 2.24) is 24.8 Å². The van der Waals surface area contributed by atoms with E-state index < -0.39 is 29.4 Å². The molecule has 0 radical (unpaired) electrons. The van der Waals surface area contributed by atoms with Gasteiger partial charge in [0.05, 0.1) is 6.33 Å². The van der Waals surface area contributed by atoms with E-state index in [0.29, 0.717) is 30.4 Å². The molecule has 2 heterocycles. The SMILES string of the molecule is CCCCCCCCCCCCCCCCCC(=O)OCC(COC(=O)CCCCCCCCCCCCCCCCC)(COC(=O)CCCCCCCCCCCCCCCCC)NC(=O)Cn1cnc2c(N)ncnc21. The van der Waals surface area contributed by atoms with Crippen LogP contribution in [0.1, 0.15) is 329 Å². The standard InChI is InChI=1S/C65H118N6O7/c1-4-7-10-13-16-19-22-25-28-31-34-37-40-43-46-49-59(73)76-53-65(70-58(72)52-71-57-69-62-63(66)67-56-68-64(62)71,54-77-60(74)50-47-44-41-38-35-32-29-26-23-20-17-14-11-8-5-2)55-78-61(75)51-48-45-42-39-36-33-30-27-24-21-18-15-12-9-6-3/h56-57H,4-55H2,1-3H3,(H,70,72)(H2,66,67,68). The molecule has 0 aliphatic rings. The molecule has 0 saturated carbocycles. The minimum atomic E-state index is -1.54. The van der Waals surface area contributed by atoms with Gasteiger partial charge in [-0.15, -0.1) is 0 Å². The first-order valence-electron chi connectivity index (χ1n) is 32.9. The number of aromatic nitrogens is 4. The molecule has 2 aromatic rings. The van der Waals surface area contributed by atoms with Gasteiger partial charge < -0.3 is 29.8 Å². The number of hydrogen-bond acceptors (Lipinski definition) is 11. The molecule has 13 nitrogen and oxygen atoms in total. The van der Waals surface area contributed by atoms with Crippen molar-refractivity contribution in [1.29, 1.82) is 0 Å². The van der Waals surface area contributed by atoms with Crippen molar-refractivity contribution in [3.63, 3.8) is 0 Å². The molecular weight excluding hydrogens is 977 g/mol. The second-order valence-corrected chi connectivity index (χ2v) is 23.2. The zero-order chi connectivity index (χ0) is 56.3. The number of imidazole rings is 1. The smallest absolute Gasteiger partial charge is 0.305 e. The largest absolute Gasteiger partial charge is 0.463 e. The molecule has 0 fully saturated rings. The van der Waals surface area contributed by atoms with Crippen molar-refractivity contribution < 1.29 is 33.4 Å². The van der Waals surface area contributed by atoms with Gasteiger partial charge in [-0.05, 0) is 19.3 Å². The van der Waals surface area contributed by atoms with E-state index in [1.807, 2.05) is 0 Å². The predicted molar refractivity (Wildman–Crippen MR) is 322 cm³/mol. The minimum Gasteiger partial charge on any atom is -0.463 e. The zero-order valence-electron chi connectivity index (χ0n) is 50.6. The fourth-order valence-corrected chi connectivity index (χ4v) is 10.5. The van der Waals surface area contributed by atoms with Crippen LogP contribution in [0.4, 0.5) is 5.82 Å². The van der Waals surface area contributed by atoms with Crippen LogP contribution < -0.4 is 11.1 Å². The van der Waals surface area contributed by atoms with Crippen LogP contribution in [0.3, 0.4) is 0 Å². The van der Waals surface area contributed by atoms with Crippen LogP contribution in [0.2, 0.25) is 0 Å². The fraction of sp³-hybridized carbons (Fsp3) is 0.862. The summed E-state index contributed by atoms with van der Waals surface area (Å²) in [5.74, 6) is -1.54. The van der Waals surface area contributed by atoms with Crippen LogP contribution in [-0.4, -0.2) is 68.7 Å². The lowest BCUT2D eigenvalue weighted by atomic mass is 10.0. The van der Waals surface area contributed by atoms with Gasteiger partial charge in [0, 0.05) is 19.3 Å². The summed E-state index contributed by atoms with van der Waals surface area (Å²) in [6.45, 7) is 5.56. The lowest BCUT2D eigenvalue weighted by Crippen LogP contribution is -2.59. The van der Waals surface area contributed by atoms with Gasteiger partial charge in [0.2, 0.25) is 5.91 Å². The summed E-state index contributed by atoms with van der Waals surface area (Å²) in [7, 11) is 0. The number of carbonyl (C=O) groups excluding carboxylic acids is 4. The summed E-state index contributed by atoms with van der Waals surface area (Å²) in [6, 6.07) is 0. The first kappa shape index (κ1) is 70.3. The second kappa shape index (κ2) is 50.2. The van der Waals surface area contributed by atoms with E-state index in [1.165, 1.54) is 225 Å². The quantitative estimate of drug-likeness (QED) is 0.0366. The monoisotopic (exact) mass is 1090 g/mol. The van der Waals surface area contributed by atoms with Crippen LogP contribution in [0.5, 0.6) is 0 Å². The van der Waals surface area contributed by atoms with E-state index in [9.17, 15) is 19.2 Å². The molecule has 0 aliphatic heterocycles. The molecule has 0 aromatic carbocycles. The van der Waals surface area contributed by atoms with E-state index >= 15 is 0 Å². The van der Waals surface area contributed by atoms with Gasteiger partial charge in [0.25, 0.3) is 0 Å². The third-order valence-corrected chi connectivity index (χ3v) is 15.6. The fourth-order valence-electron chi connectivity index (χ4n) is 10.5. The molecule has 2 rings (SSSR count). The van der Waals surface area contributed by atoms with Crippen molar-refractivity contribution in [2.75, 3.05) is 25.6 Å². The maximum atomic E-state index is 14.0. The van der Waals surface area contributed by atoms with Gasteiger partial charge in [0.1, 0.15) is 43.7 Å². The average Bonchev–Trinajstić information content (AvgIpc) is 3.86. The van der Waals surface area contributed by atoms with Crippen molar-refractivity contribution in [3.8, 4) is 0 Å². The Balaban J connectivity index is 1.96. The van der Waals surface area contributed by atoms with Crippen LogP contribution in [0.15, 0.2) is 12.7 Å². The second-order valence-electron chi connectivity index (χ2n) is 23.2. The van der Waals surface area contributed by atoms with Gasteiger partial charge in [-0.1, -0.05) is 290 Å². The van der Waals surface area contributed by atoms with Gasteiger partial charge in [-0.3, -0.25) is 19.2 Å². The highest BCUT2D eigenvalue weighted by Gasteiger charge is 2.38. The predicted octanol–water partition coefficient (Wildman–Crippen LogP) is 17.7. The van der Waals surface area contributed by atoms with Gasteiger partial charge in [0.15, 0.2) is 11.5 Å². The molecule has 13 heteroatoms. The highest BCUT2D eigenvalue weighted by molar-refractivity contribution is 5.84. The summed E-state index contributed by atoms with van der Waals surface area (Å²) in [5, 5.41) is 2.99. The average molecular weight is 1100 g/mol. The van der Waals surface area contributed by atoms with Crippen molar-refractivity contribution in [2.45, 2.75) is 341 Å². The van der Waals surface area contributed by atoms with Crippen molar-refractivity contribution in [2.24, 2.45) is 0 Å². The van der Waals surface area contributed by atoms with Crippen molar-refractivity contribution in [3.05, 3.63) is 12.7 Å². The summed E-state index contributed by atoms with van der Waals surface area (Å²) < 4.78 is 19.2. The molecule has 0 aliphatic carbocycles. The molecule has 0 spiro atoms. The number of ether oxygens (including phenoxy) is 3. The van der Waals surface area contributed by atoms with Crippen LogP contribution >= 0.6 is 0 Å². The number of nitrogens with two attached hydrogens (primary N) is 1. The summed E-state index contributed by atoms with van der Waals surface area (Å²) >= 11 is 0. The molecule has 3 N–H and O–H groups in total. The number of fused-ring (bicyclic) bond motifs is 1. The number of nitrogens with zero attached hydrogens (tertiary/aromatic N) is 4. The molecule has 450 valence electrons. The number of amides is 1. The third-order valence-electron chi connectivity index (χ3n) is 15.6. The molecule has 78 heavy (non-hydrogen) atoms. The number of rotatable bonds is 57. The number of carbonyl (C=O) groups is 4. The third kappa shape index (κ3) is 38.8. The number of anilines is 1. The Morgan fingerprint density at radius 1 is 0.410 bits per heavy atom. The van der Waals surface area contributed by atoms with Crippen LogP contribution in [-0.2, 0) is 39.9 Å². The molecule has 0 saturated heterocycles. The number of esters is 3. The molecule has 2 aromatic heterocycles. The number of unbranched alkanes of at least 4 members (excludes halogenated alkanes) is 42. The highest BCUT2D eigenvalue weighted by Crippen LogP contribution is 2.20. The Morgan fingerprint density at radius 2 is 0.679 bits per heavy atom. The molecule has 0 atom stereocenters. The van der Waals surface area contributed by atoms with E-state index in [2.05, 4.69) is 41.0 Å². The van der Waals surface area contributed by atoms with E-state index in [1.54, 1.807) is 4.57 Å². The van der Waals surface area contributed by atoms with Crippen LogP contribution in [0.25, 0.3) is 11.2 Å². The summed E-state index contributed by atoms with van der Waals surface area (Å²) in [6.07, 6.45) is 58.7. The lowest BCUT2D eigenvalue weighted by Gasteiger charge is -2.33. The molecular formula is C65H118N6O7. The van der Waals surface area contributed by atoms with Gasteiger partial charge >= 0.3 is 17.9 Å². The summed E-state index contributed by atoms with van der Waals surface area (Å²) in [4.78, 5) is 66.7. The van der Waals surface area contributed by atoms with E-state index in [-0.39, 0.29) is 51.4 Å². The Labute approximate surface area is 476 Å². The summed E-state index contributed by atoms with van der Waals surface area (Å²) in [5.41, 5.74) is 5.24. The Bertz CT molecular complexity index is 1630. The van der Waals surface area contributed by atoms with Crippen molar-refractivity contribution >= 4 is 40.8 Å². The van der Waals surface area contributed by atoms with Gasteiger partial charge in [-0.25, -0.2) is 15.0 Å². The first-order valence-corrected chi connectivity index (χ1v) is 32.9. The van der Waals surface area contributed by atoms with Crippen LogP contribution in [0, 0.1) is 0 Å². The molecule has 0 bridgehead atoms.